The highest BCUT2D eigenvalue weighted by Gasteiger charge is 2.19. The van der Waals surface area contributed by atoms with E-state index in [0.717, 1.165) is 19.3 Å². The predicted octanol–water partition coefficient (Wildman–Crippen LogP) is 1.69. The molecular weight excluding hydrogens is 253 g/mol. The first-order chi connectivity index (χ1) is 8.65. The van der Waals surface area contributed by atoms with Gasteiger partial charge in [0.05, 0.1) is 5.75 Å². The van der Waals surface area contributed by atoms with Crippen molar-refractivity contribution in [2.45, 2.75) is 31.5 Å². The van der Waals surface area contributed by atoms with Crippen LogP contribution in [0.2, 0.25) is 0 Å². The predicted molar refractivity (Wildman–Crippen MR) is 70.8 cm³/mol. The second kappa shape index (κ2) is 6.41. The SMILES string of the molecule is O=S(O)CC(F)CNC1CCc2ccccc2C1. The number of aryl methyl sites for hydroxylation is 1. The van der Waals surface area contributed by atoms with Crippen LogP contribution in [0.15, 0.2) is 24.3 Å². The van der Waals surface area contributed by atoms with E-state index in [2.05, 4.69) is 17.4 Å². The first-order valence-corrected chi connectivity index (χ1v) is 7.44. The summed E-state index contributed by atoms with van der Waals surface area (Å²) in [4.78, 5) is 0. The van der Waals surface area contributed by atoms with Crippen LogP contribution in [0.5, 0.6) is 0 Å². The zero-order valence-corrected chi connectivity index (χ0v) is 11.0. The van der Waals surface area contributed by atoms with Gasteiger partial charge in [0.2, 0.25) is 0 Å². The molecule has 2 rings (SSSR count). The van der Waals surface area contributed by atoms with E-state index in [1.807, 2.05) is 12.1 Å². The molecule has 3 unspecified atom stereocenters. The van der Waals surface area contributed by atoms with Crippen molar-refractivity contribution in [3.63, 3.8) is 0 Å². The molecule has 2 N–H and O–H groups in total. The highest BCUT2D eigenvalue weighted by molar-refractivity contribution is 7.79. The lowest BCUT2D eigenvalue weighted by Gasteiger charge is -2.26. The Balaban J connectivity index is 1.81. The Kier molecular flexibility index (Phi) is 4.86. The summed E-state index contributed by atoms with van der Waals surface area (Å²) in [7, 11) is 0. The van der Waals surface area contributed by atoms with Gasteiger partial charge in [-0.05, 0) is 30.4 Å². The standard InChI is InChI=1S/C13H18FNO2S/c14-12(9-18(16)17)8-15-13-6-5-10-3-1-2-4-11(10)7-13/h1-4,12-13,15H,5-9H2,(H,16,17). The van der Waals surface area contributed by atoms with Crippen molar-refractivity contribution >= 4 is 11.1 Å². The summed E-state index contributed by atoms with van der Waals surface area (Å²) in [6.07, 6.45) is 1.65. The minimum absolute atomic E-state index is 0.152. The van der Waals surface area contributed by atoms with Crippen LogP contribution >= 0.6 is 0 Å². The van der Waals surface area contributed by atoms with Gasteiger partial charge in [0, 0.05) is 12.6 Å². The first kappa shape index (κ1) is 13.6. The van der Waals surface area contributed by atoms with E-state index in [1.165, 1.54) is 11.1 Å². The van der Waals surface area contributed by atoms with Crippen LogP contribution in [0, 0.1) is 0 Å². The highest BCUT2D eigenvalue weighted by atomic mass is 32.2. The van der Waals surface area contributed by atoms with Crippen molar-refractivity contribution in [3.05, 3.63) is 35.4 Å². The molecule has 0 spiro atoms. The number of hydrogen-bond acceptors (Lipinski definition) is 2. The Morgan fingerprint density at radius 2 is 2.17 bits per heavy atom. The summed E-state index contributed by atoms with van der Waals surface area (Å²) >= 11 is -2.05. The van der Waals surface area contributed by atoms with Crippen molar-refractivity contribution in [2.24, 2.45) is 0 Å². The van der Waals surface area contributed by atoms with Gasteiger partial charge in [-0.2, -0.15) is 0 Å². The normalized spacial score (nSPS) is 22.2. The molecule has 18 heavy (non-hydrogen) atoms. The Hall–Kier alpha value is -0.780. The maximum Gasteiger partial charge on any atom is 0.155 e. The Bertz CT molecular complexity index is 427. The Morgan fingerprint density at radius 1 is 1.44 bits per heavy atom. The van der Waals surface area contributed by atoms with Crippen molar-refractivity contribution < 1.29 is 13.2 Å². The molecule has 3 atom stereocenters. The molecule has 1 aliphatic rings. The van der Waals surface area contributed by atoms with Gasteiger partial charge >= 0.3 is 0 Å². The van der Waals surface area contributed by atoms with Gasteiger partial charge < -0.3 is 9.87 Å². The number of nitrogens with one attached hydrogen (secondary N) is 1. The molecule has 0 heterocycles. The lowest BCUT2D eigenvalue weighted by molar-refractivity contribution is 0.320. The lowest BCUT2D eigenvalue weighted by Crippen LogP contribution is -2.39. The number of hydrogen-bond donors (Lipinski definition) is 2. The van der Waals surface area contributed by atoms with E-state index in [4.69, 9.17) is 4.55 Å². The number of fused-ring (bicyclic) bond motifs is 1. The van der Waals surface area contributed by atoms with Crippen LogP contribution in [-0.4, -0.2) is 33.3 Å². The van der Waals surface area contributed by atoms with Gasteiger partial charge in [0.25, 0.3) is 0 Å². The molecule has 0 amide bonds. The molecule has 1 aromatic rings. The third-order valence-electron chi connectivity index (χ3n) is 3.30. The quantitative estimate of drug-likeness (QED) is 0.801. The number of alkyl halides is 1. The molecule has 1 aromatic carbocycles. The Morgan fingerprint density at radius 3 is 2.89 bits per heavy atom. The molecule has 1 aliphatic carbocycles. The van der Waals surface area contributed by atoms with Crippen molar-refractivity contribution in [3.8, 4) is 0 Å². The molecule has 3 nitrogen and oxygen atoms in total. The van der Waals surface area contributed by atoms with E-state index in [-0.39, 0.29) is 18.3 Å². The second-order valence-electron chi connectivity index (χ2n) is 4.70. The zero-order chi connectivity index (χ0) is 13.0. The average molecular weight is 271 g/mol. The third-order valence-corrected chi connectivity index (χ3v) is 3.95. The van der Waals surface area contributed by atoms with Crippen LogP contribution in [0.25, 0.3) is 0 Å². The van der Waals surface area contributed by atoms with E-state index >= 15 is 0 Å². The minimum Gasteiger partial charge on any atom is -0.311 e. The van der Waals surface area contributed by atoms with Gasteiger partial charge in [-0.1, -0.05) is 24.3 Å². The molecule has 0 aliphatic heterocycles. The monoisotopic (exact) mass is 271 g/mol. The van der Waals surface area contributed by atoms with E-state index in [1.54, 1.807) is 0 Å². The van der Waals surface area contributed by atoms with E-state index in [0.29, 0.717) is 0 Å². The van der Waals surface area contributed by atoms with Crippen LogP contribution in [0.4, 0.5) is 4.39 Å². The Labute approximate surface area is 109 Å². The van der Waals surface area contributed by atoms with Crippen LogP contribution < -0.4 is 5.32 Å². The molecule has 0 bridgehead atoms. The van der Waals surface area contributed by atoms with Gasteiger partial charge in [0.15, 0.2) is 11.1 Å². The number of rotatable bonds is 5. The molecule has 0 saturated heterocycles. The maximum absolute atomic E-state index is 13.3. The summed E-state index contributed by atoms with van der Waals surface area (Å²) in [6.45, 7) is 0.152. The van der Waals surface area contributed by atoms with Crippen molar-refractivity contribution in [1.82, 2.24) is 5.32 Å². The summed E-state index contributed by atoms with van der Waals surface area (Å²) in [6, 6.07) is 8.58. The fourth-order valence-corrected chi connectivity index (χ4v) is 2.81. The second-order valence-corrected chi connectivity index (χ2v) is 5.68. The number of halogens is 1. The molecule has 100 valence electrons. The molecular formula is C13H18FNO2S. The molecule has 0 saturated carbocycles. The van der Waals surface area contributed by atoms with Crippen molar-refractivity contribution in [1.29, 1.82) is 0 Å². The lowest BCUT2D eigenvalue weighted by atomic mass is 9.88. The summed E-state index contributed by atoms with van der Waals surface area (Å²) in [5.41, 5.74) is 2.70. The van der Waals surface area contributed by atoms with E-state index < -0.39 is 17.3 Å². The molecule has 5 heteroatoms. The smallest absolute Gasteiger partial charge is 0.155 e. The minimum atomic E-state index is -2.05. The fourth-order valence-electron chi connectivity index (χ4n) is 2.38. The zero-order valence-electron chi connectivity index (χ0n) is 10.1. The highest BCUT2D eigenvalue weighted by Crippen LogP contribution is 2.20. The maximum atomic E-state index is 13.3. The average Bonchev–Trinajstić information content (AvgIpc) is 2.35. The van der Waals surface area contributed by atoms with Crippen LogP contribution in [-0.2, 0) is 23.9 Å². The van der Waals surface area contributed by atoms with Crippen molar-refractivity contribution in [2.75, 3.05) is 12.3 Å². The summed E-state index contributed by atoms with van der Waals surface area (Å²) in [5, 5.41) is 3.15. The molecule has 0 fully saturated rings. The summed E-state index contributed by atoms with van der Waals surface area (Å²) in [5.74, 6) is -0.309. The van der Waals surface area contributed by atoms with Gasteiger partial charge in [-0.15, -0.1) is 0 Å². The van der Waals surface area contributed by atoms with Gasteiger partial charge in [0.1, 0.15) is 6.17 Å². The third kappa shape index (κ3) is 3.86. The van der Waals surface area contributed by atoms with Gasteiger partial charge in [-0.25, -0.2) is 8.60 Å². The largest absolute Gasteiger partial charge is 0.311 e. The molecule has 0 radical (unpaired) electrons. The number of benzene rings is 1. The summed E-state index contributed by atoms with van der Waals surface area (Å²) < 4.78 is 32.4. The first-order valence-electron chi connectivity index (χ1n) is 6.17. The van der Waals surface area contributed by atoms with Crippen LogP contribution in [0.1, 0.15) is 17.5 Å². The van der Waals surface area contributed by atoms with Gasteiger partial charge in [-0.3, -0.25) is 0 Å². The fraction of sp³-hybridized carbons (Fsp3) is 0.538. The molecule has 0 aromatic heterocycles. The van der Waals surface area contributed by atoms with Crippen LogP contribution in [0.3, 0.4) is 0 Å². The topological polar surface area (TPSA) is 49.3 Å². The van der Waals surface area contributed by atoms with E-state index in [9.17, 15) is 8.60 Å².